The second-order valence-corrected chi connectivity index (χ2v) is 7.12. The Bertz CT molecular complexity index is 581. The molecule has 0 radical (unpaired) electrons. The Morgan fingerprint density at radius 1 is 1.25 bits per heavy atom. The van der Waals surface area contributed by atoms with Gasteiger partial charge in [-0.2, -0.15) is 4.31 Å². The molecule has 1 heterocycles. The van der Waals surface area contributed by atoms with Crippen LogP contribution in [0.3, 0.4) is 0 Å². The molecule has 0 saturated carbocycles. The van der Waals surface area contributed by atoms with Crippen LogP contribution in [0.15, 0.2) is 18.2 Å². The topological polar surface area (TPSA) is 66.6 Å². The first-order valence-corrected chi connectivity index (χ1v) is 8.39. The van der Waals surface area contributed by atoms with Crippen molar-refractivity contribution >= 4 is 15.7 Å². The number of nitrogens with zero attached hydrogens (tertiary/aromatic N) is 2. The summed E-state index contributed by atoms with van der Waals surface area (Å²) in [6.45, 7) is 3.85. The van der Waals surface area contributed by atoms with Gasteiger partial charge in [-0.05, 0) is 30.7 Å². The third-order valence-corrected chi connectivity index (χ3v) is 4.83. The fourth-order valence-corrected chi connectivity index (χ4v) is 3.27. The third-order valence-electron chi connectivity index (χ3n) is 3.53. The van der Waals surface area contributed by atoms with Gasteiger partial charge in [-0.3, -0.25) is 0 Å². The number of anilines is 1. The number of hydrogen-bond acceptors (Lipinski definition) is 4. The van der Waals surface area contributed by atoms with E-state index in [9.17, 15) is 12.8 Å². The Morgan fingerprint density at radius 2 is 1.85 bits per heavy atom. The van der Waals surface area contributed by atoms with E-state index >= 15 is 0 Å². The van der Waals surface area contributed by atoms with Gasteiger partial charge in [0.25, 0.3) is 0 Å². The SMILES string of the molecule is C[C@@H](N)c1cc(F)ccc1N1CCN(S(C)(=O)=O)CC1. The summed E-state index contributed by atoms with van der Waals surface area (Å²) < 4.78 is 37.8. The lowest BCUT2D eigenvalue weighted by Gasteiger charge is -2.36. The minimum atomic E-state index is -3.14. The highest BCUT2D eigenvalue weighted by molar-refractivity contribution is 7.88. The van der Waals surface area contributed by atoms with Crippen LogP contribution in [0.25, 0.3) is 0 Å². The maximum atomic E-state index is 13.3. The van der Waals surface area contributed by atoms with Crippen LogP contribution in [0.4, 0.5) is 10.1 Å². The molecule has 112 valence electrons. The van der Waals surface area contributed by atoms with Crippen LogP contribution in [0.1, 0.15) is 18.5 Å². The van der Waals surface area contributed by atoms with Crippen molar-refractivity contribution in [1.29, 1.82) is 0 Å². The summed E-state index contributed by atoms with van der Waals surface area (Å²) in [5.41, 5.74) is 7.52. The van der Waals surface area contributed by atoms with Crippen molar-refractivity contribution in [3.05, 3.63) is 29.6 Å². The summed E-state index contributed by atoms with van der Waals surface area (Å²) in [4.78, 5) is 2.06. The Morgan fingerprint density at radius 3 is 2.35 bits per heavy atom. The number of sulfonamides is 1. The van der Waals surface area contributed by atoms with Crippen molar-refractivity contribution in [2.75, 3.05) is 37.3 Å². The van der Waals surface area contributed by atoms with Gasteiger partial charge in [-0.15, -0.1) is 0 Å². The summed E-state index contributed by atoms with van der Waals surface area (Å²) in [6.07, 6.45) is 1.22. The number of rotatable bonds is 3. The van der Waals surface area contributed by atoms with Crippen molar-refractivity contribution in [2.24, 2.45) is 5.73 Å². The molecule has 1 fully saturated rings. The Kier molecular flexibility index (Phi) is 4.31. The van der Waals surface area contributed by atoms with Gasteiger partial charge in [-0.1, -0.05) is 0 Å². The Hall–Kier alpha value is -1.18. The first kappa shape index (κ1) is 15.2. The molecule has 0 amide bonds. The lowest BCUT2D eigenvalue weighted by molar-refractivity contribution is 0.387. The first-order chi connectivity index (χ1) is 9.29. The monoisotopic (exact) mass is 301 g/mol. The number of piperazine rings is 1. The summed E-state index contributed by atoms with van der Waals surface area (Å²) in [5, 5.41) is 0. The predicted octanol–water partition coefficient (Wildman–Crippen LogP) is 0.927. The number of nitrogens with two attached hydrogens (primary N) is 1. The van der Waals surface area contributed by atoms with Crippen molar-refractivity contribution in [3.63, 3.8) is 0 Å². The fourth-order valence-electron chi connectivity index (χ4n) is 2.44. The fraction of sp³-hybridized carbons (Fsp3) is 0.538. The van der Waals surface area contributed by atoms with Gasteiger partial charge < -0.3 is 10.6 Å². The van der Waals surface area contributed by atoms with Crippen molar-refractivity contribution in [1.82, 2.24) is 4.31 Å². The summed E-state index contributed by atoms with van der Waals surface area (Å²) in [6, 6.07) is 4.30. The van der Waals surface area contributed by atoms with Crippen LogP contribution in [-0.2, 0) is 10.0 Å². The number of hydrogen-bond donors (Lipinski definition) is 1. The molecule has 20 heavy (non-hydrogen) atoms. The lowest BCUT2D eigenvalue weighted by atomic mass is 10.1. The second-order valence-electron chi connectivity index (χ2n) is 5.14. The van der Waals surface area contributed by atoms with E-state index in [-0.39, 0.29) is 11.9 Å². The van der Waals surface area contributed by atoms with Crippen molar-refractivity contribution in [2.45, 2.75) is 13.0 Å². The Balaban J connectivity index is 2.19. The normalized spacial score (nSPS) is 19.1. The number of benzene rings is 1. The molecule has 0 aromatic heterocycles. The lowest BCUT2D eigenvalue weighted by Crippen LogP contribution is -2.48. The van der Waals surface area contributed by atoms with Crippen molar-refractivity contribution < 1.29 is 12.8 Å². The van der Waals surface area contributed by atoms with Gasteiger partial charge in [0.15, 0.2) is 0 Å². The maximum absolute atomic E-state index is 13.3. The molecule has 1 aliphatic rings. The molecule has 5 nitrogen and oxygen atoms in total. The van der Waals surface area contributed by atoms with E-state index < -0.39 is 10.0 Å². The van der Waals surface area contributed by atoms with Gasteiger partial charge in [0.2, 0.25) is 10.0 Å². The van der Waals surface area contributed by atoms with E-state index in [4.69, 9.17) is 5.73 Å². The van der Waals surface area contributed by atoms with E-state index in [1.807, 2.05) is 6.92 Å². The predicted molar refractivity (Wildman–Crippen MR) is 77.6 cm³/mol. The molecule has 1 atom stereocenters. The zero-order valence-electron chi connectivity index (χ0n) is 11.7. The molecule has 2 rings (SSSR count). The largest absolute Gasteiger partial charge is 0.369 e. The van der Waals surface area contributed by atoms with E-state index in [0.717, 1.165) is 11.3 Å². The average molecular weight is 301 g/mol. The van der Waals surface area contributed by atoms with E-state index in [1.165, 1.54) is 22.7 Å². The second kappa shape index (κ2) is 5.67. The molecule has 2 N–H and O–H groups in total. The summed E-state index contributed by atoms with van der Waals surface area (Å²) >= 11 is 0. The molecule has 1 aliphatic heterocycles. The third kappa shape index (κ3) is 3.28. The molecule has 0 aliphatic carbocycles. The van der Waals surface area contributed by atoms with E-state index in [0.29, 0.717) is 26.2 Å². The molecule has 0 unspecified atom stereocenters. The molecular formula is C13H20FN3O2S. The zero-order valence-corrected chi connectivity index (χ0v) is 12.5. The van der Waals surface area contributed by atoms with Gasteiger partial charge in [0, 0.05) is 37.9 Å². The number of halogens is 1. The summed E-state index contributed by atoms with van der Waals surface area (Å²) in [7, 11) is -3.14. The summed E-state index contributed by atoms with van der Waals surface area (Å²) in [5.74, 6) is -0.309. The highest BCUT2D eigenvalue weighted by Crippen LogP contribution is 2.27. The quantitative estimate of drug-likeness (QED) is 0.902. The van der Waals surface area contributed by atoms with Crippen LogP contribution in [-0.4, -0.2) is 45.2 Å². The molecule has 1 aromatic rings. The molecule has 0 spiro atoms. The van der Waals surface area contributed by atoms with Crippen LogP contribution in [0, 0.1) is 5.82 Å². The molecular weight excluding hydrogens is 281 g/mol. The van der Waals surface area contributed by atoms with Gasteiger partial charge >= 0.3 is 0 Å². The van der Waals surface area contributed by atoms with Gasteiger partial charge in [0.05, 0.1) is 6.26 Å². The van der Waals surface area contributed by atoms with Crippen LogP contribution < -0.4 is 10.6 Å². The minimum absolute atomic E-state index is 0.270. The van der Waals surface area contributed by atoms with Gasteiger partial charge in [0.1, 0.15) is 5.82 Å². The van der Waals surface area contributed by atoms with Crippen LogP contribution in [0.2, 0.25) is 0 Å². The average Bonchev–Trinajstić information content (AvgIpc) is 2.37. The Labute approximate surface area is 119 Å². The molecule has 0 bridgehead atoms. The standard InChI is InChI=1S/C13H20FN3O2S/c1-10(15)12-9-11(14)3-4-13(12)16-5-7-17(8-6-16)20(2,18)19/h3-4,9-10H,5-8,15H2,1-2H3/t10-/m1/s1. The smallest absolute Gasteiger partial charge is 0.211 e. The highest BCUT2D eigenvalue weighted by Gasteiger charge is 2.25. The minimum Gasteiger partial charge on any atom is -0.369 e. The van der Waals surface area contributed by atoms with Crippen LogP contribution in [0.5, 0.6) is 0 Å². The van der Waals surface area contributed by atoms with Crippen molar-refractivity contribution in [3.8, 4) is 0 Å². The van der Waals surface area contributed by atoms with E-state index in [2.05, 4.69) is 4.90 Å². The highest BCUT2D eigenvalue weighted by atomic mass is 32.2. The van der Waals surface area contributed by atoms with Gasteiger partial charge in [-0.25, -0.2) is 12.8 Å². The van der Waals surface area contributed by atoms with E-state index in [1.54, 1.807) is 6.07 Å². The maximum Gasteiger partial charge on any atom is 0.211 e. The zero-order chi connectivity index (χ0) is 14.9. The first-order valence-electron chi connectivity index (χ1n) is 6.54. The molecule has 7 heteroatoms. The van der Waals surface area contributed by atoms with Crippen LogP contribution >= 0.6 is 0 Å². The molecule has 1 aromatic carbocycles. The molecule has 1 saturated heterocycles.